The van der Waals surface area contributed by atoms with Gasteiger partial charge in [0, 0.05) is 17.4 Å². The number of aryl methyl sites for hydroxylation is 1. The Morgan fingerprint density at radius 3 is 2.86 bits per heavy atom. The second kappa shape index (κ2) is 7.06. The molecule has 1 aliphatic rings. The first-order valence-corrected chi connectivity index (χ1v) is 8.18. The van der Waals surface area contributed by atoms with Gasteiger partial charge in [0.25, 0.3) is 0 Å². The highest BCUT2D eigenvalue weighted by atomic mass is 16.1. The summed E-state index contributed by atoms with van der Waals surface area (Å²) in [5.41, 5.74) is 1.05. The molecule has 3 unspecified atom stereocenters. The van der Waals surface area contributed by atoms with Gasteiger partial charge in [-0.05, 0) is 55.6 Å². The fourth-order valence-electron chi connectivity index (χ4n) is 4.13. The molecule has 3 heteroatoms. The van der Waals surface area contributed by atoms with E-state index < -0.39 is 0 Å². The Morgan fingerprint density at radius 2 is 2.24 bits per heavy atom. The molecule has 0 spiro atoms. The van der Waals surface area contributed by atoms with Crippen LogP contribution < -0.4 is 5.32 Å². The molecule has 1 N–H and O–H groups in total. The van der Waals surface area contributed by atoms with Crippen LogP contribution in [0.4, 0.5) is 0 Å². The van der Waals surface area contributed by atoms with Gasteiger partial charge in [-0.25, -0.2) is 0 Å². The third-order valence-electron chi connectivity index (χ3n) is 5.10. The molecule has 2 rings (SSSR count). The maximum atomic E-state index is 11.2. The molecule has 1 aromatic rings. The van der Waals surface area contributed by atoms with Gasteiger partial charge in [-0.15, -0.1) is 0 Å². The highest BCUT2D eigenvalue weighted by Gasteiger charge is 2.43. The minimum absolute atomic E-state index is 0.0644. The third-order valence-corrected chi connectivity index (χ3v) is 5.10. The molecule has 0 radical (unpaired) electrons. The van der Waals surface area contributed by atoms with E-state index in [4.69, 9.17) is 0 Å². The molecule has 3 atom stereocenters. The lowest BCUT2D eigenvalue weighted by Crippen LogP contribution is -2.56. The zero-order chi connectivity index (χ0) is 15.3. The Hall–Kier alpha value is -1.38. The Morgan fingerprint density at radius 1 is 1.43 bits per heavy atom. The van der Waals surface area contributed by atoms with E-state index >= 15 is 0 Å². The summed E-state index contributed by atoms with van der Waals surface area (Å²) >= 11 is 0. The molecule has 116 valence electrons. The molecule has 0 bridgehead atoms. The van der Waals surface area contributed by atoms with Gasteiger partial charge in [0.15, 0.2) is 0 Å². The lowest BCUT2D eigenvalue weighted by Gasteiger charge is -2.48. The largest absolute Gasteiger partial charge is 0.353 e. The van der Waals surface area contributed by atoms with Crippen molar-refractivity contribution in [1.29, 1.82) is 0 Å². The first-order chi connectivity index (χ1) is 10.1. The molecule has 1 heterocycles. The van der Waals surface area contributed by atoms with Crippen molar-refractivity contribution >= 4 is 6.41 Å². The van der Waals surface area contributed by atoms with Crippen molar-refractivity contribution in [2.45, 2.75) is 58.4 Å². The van der Waals surface area contributed by atoms with Crippen LogP contribution in [0.15, 0.2) is 24.4 Å². The van der Waals surface area contributed by atoms with Gasteiger partial charge in [-0.1, -0.05) is 33.3 Å². The van der Waals surface area contributed by atoms with Crippen LogP contribution in [-0.2, 0) is 11.2 Å². The number of hydrogen-bond donors (Lipinski definition) is 1. The number of nitrogens with zero attached hydrogens (tertiary/aromatic N) is 1. The summed E-state index contributed by atoms with van der Waals surface area (Å²) in [5.74, 6) is 1.83. The number of aromatic nitrogens is 1. The van der Waals surface area contributed by atoms with Gasteiger partial charge >= 0.3 is 0 Å². The highest BCUT2D eigenvalue weighted by molar-refractivity contribution is 5.48. The molecule has 3 nitrogen and oxygen atoms in total. The molecule has 0 aliphatic heterocycles. The van der Waals surface area contributed by atoms with E-state index in [1.807, 2.05) is 18.3 Å². The molecular weight excluding hydrogens is 260 g/mol. The summed E-state index contributed by atoms with van der Waals surface area (Å²) in [6, 6.07) is 6.05. The average molecular weight is 288 g/mol. The quantitative estimate of drug-likeness (QED) is 0.813. The van der Waals surface area contributed by atoms with E-state index in [0.717, 1.165) is 31.4 Å². The molecule has 1 aromatic heterocycles. The fourth-order valence-corrected chi connectivity index (χ4v) is 4.13. The van der Waals surface area contributed by atoms with Crippen molar-refractivity contribution in [2.24, 2.45) is 17.8 Å². The normalized spacial score (nSPS) is 29.3. The van der Waals surface area contributed by atoms with Crippen molar-refractivity contribution in [3.63, 3.8) is 0 Å². The lowest BCUT2D eigenvalue weighted by molar-refractivity contribution is -0.113. The zero-order valence-electron chi connectivity index (χ0n) is 13.5. The minimum atomic E-state index is -0.0644. The van der Waals surface area contributed by atoms with Gasteiger partial charge < -0.3 is 5.32 Å². The van der Waals surface area contributed by atoms with Gasteiger partial charge in [-0.2, -0.15) is 0 Å². The first-order valence-electron chi connectivity index (χ1n) is 8.18. The Labute approximate surface area is 128 Å². The topological polar surface area (TPSA) is 42.0 Å². The number of amides is 1. The molecule has 0 aromatic carbocycles. The highest BCUT2D eigenvalue weighted by Crippen LogP contribution is 2.43. The maximum Gasteiger partial charge on any atom is 0.207 e. The van der Waals surface area contributed by atoms with Crippen molar-refractivity contribution in [1.82, 2.24) is 10.3 Å². The van der Waals surface area contributed by atoms with Gasteiger partial charge in [0.2, 0.25) is 6.41 Å². The van der Waals surface area contributed by atoms with E-state index in [2.05, 4.69) is 37.1 Å². The van der Waals surface area contributed by atoms with Crippen LogP contribution in [0.1, 0.15) is 52.1 Å². The maximum absolute atomic E-state index is 11.2. The number of carbonyl (C=O) groups is 1. The zero-order valence-corrected chi connectivity index (χ0v) is 13.5. The minimum Gasteiger partial charge on any atom is -0.353 e. The van der Waals surface area contributed by atoms with E-state index in [1.54, 1.807) is 0 Å². The van der Waals surface area contributed by atoms with E-state index in [9.17, 15) is 4.79 Å². The van der Waals surface area contributed by atoms with Crippen LogP contribution in [0.3, 0.4) is 0 Å². The lowest BCUT2D eigenvalue weighted by atomic mass is 9.63. The van der Waals surface area contributed by atoms with Crippen LogP contribution in [0, 0.1) is 17.8 Å². The molecule has 1 saturated carbocycles. The Balaban J connectivity index is 2.17. The van der Waals surface area contributed by atoms with E-state index in [-0.39, 0.29) is 5.54 Å². The number of rotatable bonds is 6. The van der Waals surface area contributed by atoms with Crippen molar-refractivity contribution in [3.05, 3.63) is 30.1 Å². The molecule has 21 heavy (non-hydrogen) atoms. The number of nitrogens with one attached hydrogen (secondary N) is 1. The molecule has 0 saturated heterocycles. The van der Waals surface area contributed by atoms with Crippen molar-refractivity contribution in [3.8, 4) is 0 Å². The molecular formula is C18H28N2O. The summed E-state index contributed by atoms with van der Waals surface area (Å²) in [5, 5.41) is 3.22. The summed E-state index contributed by atoms with van der Waals surface area (Å²) in [7, 11) is 0. The average Bonchev–Trinajstić information content (AvgIpc) is 2.46. The Kier molecular flexibility index (Phi) is 5.38. The van der Waals surface area contributed by atoms with Crippen LogP contribution in [0.5, 0.6) is 0 Å². The molecule has 1 aliphatic carbocycles. The summed E-state index contributed by atoms with van der Waals surface area (Å²) < 4.78 is 0. The summed E-state index contributed by atoms with van der Waals surface area (Å²) in [6.07, 6.45) is 8.23. The van der Waals surface area contributed by atoms with Crippen LogP contribution in [0.25, 0.3) is 0 Å². The number of hydrogen-bond acceptors (Lipinski definition) is 2. The molecule has 1 amide bonds. The summed E-state index contributed by atoms with van der Waals surface area (Å²) in [6.45, 7) is 6.86. The first kappa shape index (κ1) is 16.0. The third kappa shape index (κ3) is 3.84. The SMILES string of the molecule is CC1CCC(C(C)C)C(CCc2ccccn2)(NC=O)C1. The van der Waals surface area contributed by atoms with Gasteiger partial charge in [0.1, 0.15) is 0 Å². The Bertz CT molecular complexity index is 446. The van der Waals surface area contributed by atoms with Crippen LogP contribution >= 0.6 is 0 Å². The van der Waals surface area contributed by atoms with Gasteiger partial charge in [-0.3, -0.25) is 9.78 Å². The van der Waals surface area contributed by atoms with Crippen molar-refractivity contribution < 1.29 is 4.79 Å². The van der Waals surface area contributed by atoms with Crippen LogP contribution in [0.2, 0.25) is 0 Å². The number of carbonyl (C=O) groups excluding carboxylic acids is 1. The second-order valence-corrected chi connectivity index (χ2v) is 6.98. The number of pyridine rings is 1. The predicted octanol–water partition coefficient (Wildman–Crippen LogP) is 3.59. The summed E-state index contributed by atoms with van der Waals surface area (Å²) in [4.78, 5) is 15.7. The molecule has 1 fully saturated rings. The fraction of sp³-hybridized carbons (Fsp3) is 0.667. The second-order valence-electron chi connectivity index (χ2n) is 6.98. The predicted molar refractivity (Wildman–Crippen MR) is 85.8 cm³/mol. The van der Waals surface area contributed by atoms with E-state index in [1.165, 1.54) is 12.8 Å². The van der Waals surface area contributed by atoms with Gasteiger partial charge in [0.05, 0.1) is 0 Å². The van der Waals surface area contributed by atoms with Crippen LogP contribution in [-0.4, -0.2) is 16.9 Å². The standard InChI is InChI=1S/C18H28N2O/c1-14(2)17-8-7-15(3)12-18(17,20-13-21)10-9-16-6-4-5-11-19-16/h4-6,11,13-15,17H,7-10,12H2,1-3H3,(H,20,21). The van der Waals surface area contributed by atoms with E-state index in [0.29, 0.717) is 17.8 Å². The monoisotopic (exact) mass is 288 g/mol. The van der Waals surface area contributed by atoms with Crippen molar-refractivity contribution in [2.75, 3.05) is 0 Å². The smallest absolute Gasteiger partial charge is 0.207 e.